The van der Waals surface area contributed by atoms with Crippen LogP contribution < -0.4 is 0 Å². The van der Waals surface area contributed by atoms with Crippen LogP contribution in [0.3, 0.4) is 0 Å². The van der Waals surface area contributed by atoms with E-state index >= 15 is 0 Å². The Hall–Kier alpha value is -1.42. The van der Waals surface area contributed by atoms with Crippen LogP contribution in [0.1, 0.15) is 17.4 Å². The lowest BCUT2D eigenvalue weighted by Gasteiger charge is -1.92. The van der Waals surface area contributed by atoms with Crippen molar-refractivity contribution in [2.24, 2.45) is 7.05 Å². The van der Waals surface area contributed by atoms with E-state index in [2.05, 4.69) is 10.1 Å². The molecule has 2 heterocycles. The molecule has 0 bridgehead atoms. The second kappa shape index (κ2) is 3.06. The van der Waals surface area contributed by atoms with E-state index < -0.39 is 0 Å². The quantitative estimate of drug-likeness (QED) is 0.674. The van der Waals surface area contributed by atoms with E-state index in [0.717, 1.165) is 5.52 Å². The van der Waals surface area contributed by atoms with Gasteiger partial charge in [-0.15, -0.1) is 0 Å². The Bertz CT molecular complexity index is 518. The lowest BCUT2D eigenvalue weighted by molar-refractivity contribution is 0.101. The number of hydrogen-bond donors (Lipinski definition) is 0. The molecule has 2 rings (SSSR count). The summed E-state index contributed by atoms with van der Waals surface area (Å²) in [5, 5.41) is 4.61. The van der Waals surface area contributed by atoms with Crippen LogP contribution in [0.15, 0.2) is 12.3 Å². The fourth-order valence-corrected chi connectivity index (χ4v) is 1.50. The topological polar surface area (TPSA) is 47.8 Å². The molecule has 0 aliphatic carbocycles. The highest BCUT2D eigenvalue weighted by molar-refractivity contribution is 6.31. The Labute approximate surface area is 85.5 Å². The highest BCUT2D eigenvalue weighted by atomic mass is 35.5. The molecule has 72 valence electrons. The zero-order valence-electron chi connectivity index (χ0n) is 7.78. The number of aromatic nitrogens is 3. The fourth-order valence-electron chi connectivity index (χ4n) is 1.35. The number of carbonyl (C=O) groups is 1. The number of fused-ring (bicyclic) bond motifs is 1. The molecule has 4 nitrogen and oxygen atoms in total. The number of aryl methyl sites for hydroxylation is 1. The summed E-state index contributed by atoms with van der Waals surface area (Å²) >= 11 is 5.79. The van der Waals surface area contributed by atoms with E-state index in [4.69, 9.17) is 11.6 Å². The van der Waals surface area contributed by atoms with E-state index in [1.54, 1.807) is 17.8 Å². The van der Waals surface area contributed by atoms with Crippen molar-refractivity contribution in [1.29, 1.82) is 0 Å². The number of carbonyl (C=O) groups excluding carboxylic acids is 1. The molecule has 5 heteroatoms. The van der Waals surface area contributed by atoms with Gasteiger partial charge in [-0.1, -0.05) is 11.6 Å². The second-order valence-electron chi connectivity index (χ2n) is 3.05. The molecule has 0 N–H and O–H groups in total. The van der Waals surface area contributed by atoms with Crippen molar-refractivity contribution >= 4 is 28.4 Å². The van der Waals surface area contributed by atoms with Crippen LogP contribution in [0.4, 0.5) is 0 Å². The average molecular weight is 210 g/mol. The monoisotopic (exact) mass is 209 g/mol. The lowest BCUT2D eigenvalue weighted by Crippen LogP contribution is -1.96. The second-order valence-corrected chi connectivity index (χ2v) is 3.49. The number of rotatable bonds is 1. The maximum Gasteiger partial charge on any atom is 0.182 e. The van der Waals surface area contributed by atoms with Gasteiger partial charge in [0, 0.05) is 20.2 Å². The predicted molar refractivity (Wildman–Crippen MR) is 53.5 cm³/mol. The molecule has 0 spiro atoms. The van der Waals surface area contributed by atoms with Crippen LogP contribution in [-0.4, -0.2) is 20.5 Å². The highest BCUT2D eigenvalue weighted by Gasteiger charge is 2.13. The van der Waals surface area contributed by atoms with Crippen molar-refractivity contribution in [3.05, 3.63) is 23.0 Å². The Balaban J connectivity index is 2.84. The van der Waals surface area contributed by atoms with Gasteiger partial charge in [-0.2, -0.15) is 5.10 Å². The molecule has 0 saturated carbocycles. The fraction of sp³-hybridized carbons (Fsp3) is 0.222. The Morgan fingerprint density at radius 2 is 2.29 bits per heavy atom. The van der Waals surface area contributed by atoms with E-state index in [-0.39, 0.29) is 5.78 Å². The number of ketones is 1. The molecule has 2 aromatic heterocycles. The van der Waals surface area contributed by atoms with Gasteiger partial charge in [-0.3, -0.25) is 14.5 Å². The first kappa shape index (κ1) is 9.15. The number of halogens is 1. The molecule has 0 atom stereocenters. The highest BCUT2D eigenvalue weighted by Crippen LogP contribution is 2.19. The van der Waals surface area contributed by atoms with E-state index in [0.29, 0.717) is 16.2 Å². The number of Topliss-reactive ketones (excluding diaryl/α,β-unsaturated/α-hetero) is 1. The van der Waals surface area contributed by atoms with Crippen molar-refractivity contribution in [3.8, 4) is 0 Å². The first-order valence-corrected chi connectivity index (χ1v) is 4.46. The summed E-state index contributed by atoms with van der Waals surface area (Å²) in [6.07, 6.45) is 1.51. The van der Waals surface area contributed by atoms with Crippen molar-refractivity contribution in [1.82, 2.24) is 14.8 Å². The maximum atomic E-state index is 11.2. The Kier molecular flexibility index (Phi) is 2.00. The lowest BCUT2D eigenvalue weighted by atomic mass is 10.2. The summed E-state index contributed by atoms with van der Waals surface area (Å²) in [4.78, 5) is 15.3. The maximum absolute atomic E-state index is 11.2. The van der Waals surface area contributed by atoms with E-state index in [1.807, 2.05) is 0 Å². The standard InChI is InChI=1S/C9H8ClN3O/c1-5(14)8-9-7(13(2)12-8)3-6(10)4-11-9/h3-4H,1-2H3. The third-order valence-corrected chi connectivity index (χ3v) is 2.20. The Morgan fingerprint density at radius 3 is 2.93 bits per heavy atom. The van der Waals surface area contributed by atoms with Gasteiger partial charge in [-0.25, -0.2) is 0 Å². The molecule has 2 aromatic rings. The van der Waals surface area contributed by atoms with Crippen molar-refractivity contribution in [3.63, 3.8) is 0 Å². The SMILES string of the molecule is CC(=O)c1nn(C)c2cc(Cl)cnc12. The van der Waals surface area contributed by atoms with E-state index in [9.17, 15) is 4.79 Å². The zero-order valence-corrected chi connectivity index (χ0v) is 8.54. The summed E-state index contributed by atoms with van der Waals surface area (Å²) < 4.78 is 1.60. The van der Waals surface area contributed by atoms with Crippen LogP contribution in [0.2, 0.25) is 5.02 Å². The molecule has 0 amide bonds. The van der Waals surface area contributed by atoms with Gasteiger partial charge in [0.15, 0.2) is 11.5 Å². The van der Waals surface area contributed by atoms with Crippen LogP contribution in [-0.2, 0) is 7.05 Å². The molecular formula is C9H8ClN3O. The number of pyridine rings is 1. The van der Waals surface area contributed by atoms with Crippen LogP contribution in [0.5, 0.6) is 0 Å². The van der Waals surface area contributed by atoms with Gasteiger partial charge in [0.2, 0.25) is 0 Å². The first-order chi connectivity index (χ1) is 6.59. The van der Waals surface area contributed by atoms with Gasteiger partial charge < -0.3 is 0 Å². The van der Waals surface area contributed by atoms with Crippen LogP contribution in [0.25, 0.3) is 11.0 Å². The largest absolute Gasteiger partial charge is 0.293 e. The normalized spacial score (nSPS) is 10.8. The van der Waals surface area contributed by atoms with Crippen molar-refractivity contribution in [2.75, 3.05) is 0 Å². The molecule has 0 fully saturated rings. The molecule has 0 radical (unpaired) electrons. The van der Waals surface area contributed by atoms with Crippen molar-refractivity contribution in [2.45, 2.75) is 6.92 Å². The minimum Gasteiger partial charge on any atom is -0.293 e. The number of hydrogen-bond acceptors (Lipinski definition) is 3. The Morgan fingerprint density at radius 1 is 1.57 bits per heavy atom. The van der Waals surface area contributed by atoms with Crippen molar-refractivity contribution < 1.29 is 4.79 Å². The minimum atomic E-state index is -0.0922. The summed E-state index contributed by atoms with van der Waals surface area (Å²) in [6.45, 7) is 1.47. The molecule has 0 aromatic carbocycles. The molecule has 0 aliphatic rings. The molecule has 0 aliphatic heterocycles. The summed E-state index contributed by atoms with van der Waals surface area (Å²) in [5.41, 5.74) is 1.76. The molecule has 14 heavy (non-hydrogen) atoms. The smallest absolute Gasteiger partial charge is 0.182 e. The van der Waals surface area contributed by atoms with Gasteiger partial charge >= 0.3 is 0 Å². The predicted octanol–water partition coefficient (Wildman–Crippen LogP) is 1.82. The third-order valence-electron chi connectivity index (χ3n) is 1.99. The zero-order chi connectivity index (χ0) is 10.3. The summed E-state index contributed by atoms with van der Waals surface area (Å²) in [5.74, 6) is -0.0922. The summed E-state index contributed by atoms with van der Waals surface area (Å²) in [6, 6.07) is 1.74. The first-order valence-electron chi connectivity index (χ1n) is 4.09. The van der Waals surface area contributed by atoms with Crippen LogP contribution >= 0.6 is 11.6 Å². The van der Waals surface area contributed by atoms with Gasteiger partial charge in [-0.05, 0) is 6.07 Å². The summed E-state index contributed by atoms with van der Waals surface area (Å²) in [7, 11) is 1.76. The van der Waals surface area contributed by atoms with Gasteiger partial charge in [0.1, 0.15) is 5.52 Å². The molecule has 0 unspecified atom stereocenters. The number of nitrogens with zero attached hydrogens (tertiary/aromatic N) is 3. The van der Waals surface area contributed by atoms with E-state index in [1.165, 1.54) is 13.1 Å². The average Bonchev–Trinajstić information content (AvgIpc) is 2.44. The van der Waals surface area contributed by atoms with Gasteiger partial charge in [0.25, 0.3) is 0 Å². The third kappa shape index (κ3) is 1.28. The molecular weight excluding hydrogens is 202 g/mol. The van der Waals surface area contributed by atoms with Gasteiger partial charge in [0.05, 0.1) is 10.5 Å². The minimum absolute atomic E-state index is 0.0922. The van der Waals surface area contributed by atoms with Crippen LogP contribution in [0, 0.1) is 0 Å². The molecule has 0 saturated heterocycles.